The van der Waals surface area contributed by atoms with Crippen LogP contribution in [0.15, 0.2) is 30.3 Å². The molecule has 0 radical (unpaired) electrons. The van der Waals surface area contributed by atoms with Crippen molar-refractivity contribution < 1.29 is 19.8 Å². The van der Waals surface area contributed by atoms with E-state index < -0.39 is 5.97 Å². The number of amides is 2. The number of carboxylic acids is 1. The maximum atomic E-state index is 11.6. The van der Waals surface area contributed by atoms with Gasteiger partial charge < -0.3 is 20.4 Å². The van der Waals surface area contributed by atoms with Crippen molar-refractivity contribution in [2.45, 2.75) is 0 Å². The molecule has 0 unspecified atom stereocenters. The van der Waals surface area contributed by atoms with Crippen LogP contribution in [0.5, 0.6) is 0 Å². The first-order valence-corrected chi connectivity index (χ1v) is 5.67. The molecule has 0 aliphatic heterocycles. The van der Waals surface area contributed by atoms with E-state index in [0.29, 0.717) is 5.69 Å². The van der Waals surface area contributed by atoms with E-state index in [2.05, 4.69) is 5.32 Å². The molecule has 0 aromatic heterocycles. The molecule has 0 aliphatic rings. The van der Waals surface area contributed by atoms with Crippen molar-refractivity contribution in [1.82, 2.24) is 4.90 Å². The Morgan fingerprint density at radius 3 is 2.47 bits per heavy atom. The third-order valence-corrected chi connectivity index (χ3v) is 2.36. The van der Waals surface area contributed by atoms with Crippen molar-refractivity contribution in [3.8, 4) is 0 Å². The highest BCUT2D eigenvalue weighted by Crippen LogP contribution is 2.11. The molecule has 0 atom stereocenters. The Morgan fingerprint density at radius 1 is 1.32 bits per heavy atom. The number of nitrogens with one attached hydrogen (secondary N) is 1. The summed E-state index contributed by atoms with van der Waals surface area (Å²) in [4.78, 5) is 23.3. The average Bonchev–Trinajstić information content (AvgIpc) is 2.38. The van der Waals surface area contributed by atoms with Gasteiger partial charge in [0.15, 0.2) is 0 Å². The van der Waals surface area contributed by atoms with Gasteiger partial charge in [-0.2, -0.15) is 0 Å². The summed E-state index contributed by atoms with van der Waals surface area (Å²) in [6, 6.07) is 6.42. The number of anilines is 1. The zero-order chi connectivity index (χ0) is 14.3. The molecule has 0 saturated carbocycles. The second-order valence-corrected chi connectivity index (χ2v) is 3.87. The van der Waals surface area contributed by atoms with Gasteiger partial charge in [0.1, 0.15) is 0 Å². The minimum absolute atomic E-state index is 0.0944. The van der Waals surface area contributed by atoms with Gasteiger partial charge in [-0.05, 0) is 23.8 Å². The second-order valence-electron chi connectivity index (χ2n) is 3.87. The highest BCUT2D eigenvalue weighted by molar-refractivity contribution is 5.89. The molecule has 0 spiro atoms. The van der Waals surface area contributed by atoms with Crippen LogP contribution in [0.4, 0.5) is 10.5 Å². The van der Waals surface area contributed by atoms with Crippen LogP contribution in [0, 0.1) is 0 Å². The number of aliphatic carboxylic acids is 1. The van der Waals surface area contributed by atoms with Gasteiger partial charge in [0, 0.05) is 25.4 Å². The lowest BCUT2D eigenvalue weighted by Gasteiger charge is -2.16. The summed E-state index contributed by atoms with van der Waals surface area (Å²) < 4.78 is 0. The number of rotatable bonds is 5. The molecular weight excluding hydrogens is 248 g/mol. The van der Waals surface area contributed by atoms with Gasteiger partial charge in [-0.1, -0.05) is 12.1 Å². The Bertz CT molecular complexity index is 468. The maximum absolute atomic E-state index is 11.6. The van der Waals surface area contributed by atoms with Crippen LogP contribution in [-0.2, 0) is 4.79 Å². The lowest BCUT2D eigenvalue weighted by molar-refractivity contribution is -0.131. The first kappa shape index (κ1) is 14.7. The zero-order valence-corrected chi connectivity index (χ0v) is 10.5. The van der Waals surface area contributed by atoms with Gasteiger partial charge in [0.05, 0.1) is 6.61 Å². The summed E-state index contributed by atoms with van der Waals surface area (Å²) in [6.45, 7) is 0.161. The van der Waals surface area contributed by atoms with Crippen LogP contribution >= 0.6 is 0 Å². The summed E-state index contributed by atoms with van der Waals surface area (Å²) in [5.41, 5.74) is 1.33. The van der Waals surface area contributed by atoms with Crippen LogP contribution < -0.4 is 5.32 Å². The molecule has 0 saturated heterocycles. The maximum Gasteiger partial charge on any atom is 0.328 e. The third kappa shape index (κ3) is 5.22. The number of carbonyl (C=O) groups excluding carboxylic acids is 1. The summed E-state index contributed by atoms with van der Waals surface area (Å²) >= 11 is 0. The molecule has 3 N–H and O–H groups in total. The molecule has 6 nitrogen and oxygen atoms in total. The Morgan fingerprint density at radius 2 is 1.95 bits per heavy atom. The predicted molar refractivity (Wildman–Crippen MR) is 71.8 cm³/mol. The van der Waals surface area contributed by atoms with E-state index in [0.717, 1.165) is 11.6 Å². The van der Waals surface area contributed by atoms with Crippen molar-refractivity contribution in [3.05, 3.63) is 35.9 Å². The van der Waals surface area contributed by atoms with Crippen molar-refractivity contribution in [2.24, 2.45) is 0 Å². The molecule has 6 heteroatoms. The molecule has 102 valence electrons. The van der Waals surface area contributed by atoms with Gasteiger partial charge in [0.25, 0.3) is 0 Å². The summed E-state index contributed by atoms with van der Waals surface area (Å²) in [7, 11) is 1.58. The Balaban J connectivity index is 2.62. The zero-order valence-electron chi connectivity index (χ0n) is 10.5. The monoisotopic (exact) mass is 264 g/mol. The highest BCUT2D eigenvalue weighted by Gasteiger charge is 2.07. The number of aliphatic hydroxyl groups excluding tert-OH is 1. The van der Waals surface area contributed by atoms with Crippen molar-refractivity contribution >= 4 is 23.8 Å². The average molecular weight is 264 g/mol. The first-order chi connectivity index (χ1) is 9.02. The fourth-order valence-corrected chi connectivity index (χ4v) is 1.32. The first-order valence-electron chi connectivity index (χ1n) is 5.67. The number of aliphatic hydroxyl groups is 1. The lowest BCUT2D eigenvalue weighted by Crippen LogP contribution is -2.33. The highest BCUT2D eigenvalue weighted by atomic mass is 16.4. The quantitative estimate of drug-likeness (QED) is 0.698. The molecule has 0 aliphatic carbocycles. The topological polar surface area (TPSA) is 89.9 Å². The van der Waals surface area contributed by atoms with Crippen LogP contribution in [0.1, 0.15) is 5.56 Å². The number of hydrogen-bond acceptors (Lipinski definition) is 3. The summed E-state index contributed by atoms with van der Waals surface area (Å²) in [5, 5.41) is 19.9. The largest absolute Gasteiger partial charge is 0.478 e. The smallest absolute Gasteiger partial charge is 0.328 e. The van der Waals surface area contributed by atoms with Gasteiger partial charge in [-0.25, -0.2) is 9.59 Å². The number of hydrogen-bond donors (Lipinski definition) is 3. The minimum atomic E-state index is -1.01. The normalized spacial score (nSPS) is 10.4. The number of urea groups is 1. The van der Waals surface area contributed by atoms with Gasteiger partial charge >= 0.3 is 12.0 Å². The number of nitrogens with zero attached hydrogens (tertiary/aromatic N) is 1. The number of carbonyl (C=O) groups is 2. The molecule has 0 heterocycles. The van der Waals surface area contributed by atoms with E-state index in [1.165, 1.54) is 11.0 Å². The summed E-state index contributed by atoms with van der Waals surface area (Å²) in [6.07, 6.45) is 2.51. The van der Waals surface area contributed by atoms with Crippen molar-refractivity contribution in [1.29, 1.82) is 0 Å². The third-order valence-electron chi connectivity index (χ3n) is 2.36. The summed E-state index contributed by atoms with van der Waals surface area (Å²) in [5.74, 6) is -1.01. The molecule has 1 rings (SSSR count). The molecular formula is C13H16N2O4. The van der Waals surface area contributed by atoms with Crippen LogP contribution in [0.25, 0.3) is 6.08 Å². The predicted octanol–water partition coefficient (Wildman–Crippen LogP) is 1.24. The van der Waals surface area contributed by atoms with Crippen molar-refractivity contribution in [3.63, 3.8) is 0 Å². The van der Waals surface area contributed by atoms with E-state index in [-0.39, 0.29) is 19.2 Å². The van der Waals surface area contributed by atoms with E-state index in [9.17, 15) is 9.59 Å². The molecule has 1 aromatic carbocycles. The fraction of sp³-hybridized carbons (Fsp3) is 0.231. The number of carboxylic acid groups (broad SMARTS) is 1. The second kappa shape index (κ2) is 7.17. The number of likely N-dealkylation sites (N-methyl/N-ethyl adjacent to an activating group) is 1. The molecule has 19 heavy (non-hydrogen) atoms. The van der Waals surface area contributed by atoms with E-state index in [1.807, 2.05) is 0 Å². The van der Waals surface area contributed by atoms with Crippen molar-refractivity contribution in [2.75, 3.05) is 25.5 Å². The van der Waals surface area contributed by atoms with Gasteiger partial charge in [0.2, 0.25) is 0 Å². The lowest BCUT2D eigenvalue weighted by atomic mass is 10.2. The molecule has 2 amide bonds. The van der Waals surface area contributed by atoms with E-state index in [4.69, 9.17) is 10.2 Å². The Labute approximate surface area is 111 Å². The molecule has 0 fully saturated rings. The van der Waals surface area contributed by atoms with E-state index >= 15 is 0 Å². The minimum Gasteiger partial charge on any atom is -0.478 e. The molecule has 1 aromatic rings. The van der Waals surface area contributed by atoms with Crippen LogP contribution in [-0.4, -0.2) is 47.3 Å². The standard InChI is InChI=1S/C13H16N2O4/c1-15(8-9-16)13(19)14-11-5-2-10(3-6-11)4-7-12(17)18/h2-7,16H,8-9H2,1H3,(H,14,19)(H,17,18). The Kier molecular flexibility index (Phi) is 5.56. The SMILES string of the molecule is CN(CCO)C(=O)Nc1ccc(C=CC(=O)O)cc1. The van der Waals surface area contributed by atoms with Crippen LogP contribution in [0.2, 0.25) is 0 Å². The van der Waals surface area contributed by atoms with Gasteiger partial charge in [-0.3, -0.25) is 0 Å². The van der Waals surface area contributed by atoms with E-state index in [1.54, 1.807) is 31.3 Å². The molecule has 0 bridgehead atoms. The Hall–Kier alpha value is -2.34. The number of benzene rings is 1. The van der Waals surface area contributed by atoms with Crippen LogP contribution in [0.3, 0.4) is 0 Å². The van der Waals surface area contributed by atoms with Gasteiger partial charge in [-0.15, -0.1) is 0 Å². The fourth-order valence-electron chi connectivity index (χ4n) is 1.32.